The zero-order chi connectivity index (χ0) is 11.4. The molecule has 0 aromatic heterocycles. The molecular weight excluding hydrogens is 204 g/mol. The Labute approximate surface area is 87.3 Å². The van der Waals surface area contributed by atoms with Gasteiger partial charge < -0.3 is 10.5 Å². The first-order valence-corrected chi connectivity index (χ1v) is 5.10. The molecule has 0 radical (unpaired) electrons. The zero-order valence-electron chi connectivity index (χ0n) is 8.76. The van der Waals surface area contributed by atoms with Crippen molar-refractivity contribution in [1.82, 2.24) is 0 Å². The number of hydrogen-bond acceptors (Lipinski definition) is 2. The largest absolute Gasteiger partial charge is 0.466 e. The smallest absolute Gasteiger partial charge is 0.309 e. The number of carbonyl (C=O) groups is 1. The molecule has 0 aliphatic heterocycles. The first kappa shape index (κ1) is 12.1. The van der Waals surface area contributed by atoms with Gasteiger partial charge in [0.25, 0.3) is 6.08 Å². The van der Waals surface area contributed by atoms with Crippen LogP contribution in [-0.2, 0) is 9.53 Å². The van der Waals surface area contributed by atoms with Crippen molar-refractivity contribution in [3.8, 4) is 0 Å². The fourth-order valence-corrected chi connectivity index (χ4v) is 1.86. The summed E-state index contributed by atoms with van der Waals surface area (Å²) < 4.78 is 29.6. The Morgan fingerprint density at radius 3 is 2.73 bits per heavy atom. The summed E-state index contributed by atoms with van der Waals surface area (Å²) >= 11 is 0. The van der Waals surface area contributed by atoms with E-state index in [1.165, 1.54) is 0 Å². The van der Waals surface area contributed by atoms with Crippen molar-refractivity contribution in [3.63, 3.8) is 0 Å². The lowest BCUT2D eigenvalue weighted by molar-refractivity contribution is -0.413. The van der Waals surface area contributed by atoms with Gasteiger partial charge in [-0.2, -0.15) is 8.78 Å². The maximum absolute atomic E-state index is 12.4. The summed E-state index contributed by atoms with van der Waals surface area (Å²) in [6.07, 6.45) is -0.583. The second-order valence-electron chi connectivity index (χ2n) is 3.71. The van der Waals surface area contributed by atoms with Crippen molar-refractivity contribution in [2.75, 3.05) is 6.61 Å². The Balaban J connectivity index is 2.58. The van der Waals surface area contributed by atoms with Crippen molar-refractivity contribution in [2.45, 2.75) is 32.2 Å². The lowest BCUT2D eigenvalue weighted by Crippen LogP contribution is -2.64. The molecule has 0 amide bonds. The Morgan fingerprint density at radius 1 is 1.60 bits per heavy atom. The molecule has 86 valence electrons. The van der Waals surface area contributed by atoms with Crippen molar-refractivity contribution in [1.29, 1.82) is 0 Å². The molecule has 0 heterocycles. The normalized spacial score (nSPS) is 26.3. The second-order valence-corrected chi connectivity index (χ2v) is 3.71. The molecule has 1 saturated carbocycles. The first-order valence-electron chi connectivity index (χ1n) is 5.10. The van der Waals surface area contributed by atoms with Crippen molar-refractivity contribution in [3.05, 3.63) is 11.7 Å². The molecule has 1 aliphatic carbocycles. The third-order valence-corrected chi connectivity index (χ3v) is 2.69. The van der Waals surface area contributed by atoms with E-state index >= 15 is 0 Å². The summed E-state index contributed by atoms with van der Waals surface area (Å²) in [6, 6.07) is -0.460. The molecule has 0 bridgehead atoms. The summed E-state index contributed by atoms with van der Waals surface area (Å²) in [7, 11) is 0. The highest BCUT2D eigenvalue weighted by Gasteiger charge is 2.33. The summed E-state index contributed by atoms with van der Waals surface area (Å²) in [4.78, 5) is 11.4. The maximum Gasteiger partial charge on any atom is 0.309 e. The number of halogens is 2. The van der Waals surface area contributed by atoms with Gasteiger partial charge in [0.2, 0.25) is 0 Å². The van der Waals surface area contributed by atoms with Crippen LogP contribution in [-0.4, -0.2) is 18.6 Å². The van der Waals surface area contributed by atoms with E-state index < -0.39 is 12.1 Å². The molecule has 1 aliphatic rings. The molecule has 15 heavy (non-hydrogen) atoms. The Hall–Kier alpha value is -0.970. The summed E-state index contributed by atoms with van der Waals surface area (Å²) in [5, 5.41) is 0. The van der Waals surface area contributed by atoms with Gasteiger partial charge in [-0.25, -0.2) is 0 Å². The quantitative estimate of drug-likeness (QED) is 0.709. The summed E-state index contributed by atoms with van der Waals surface area (Å²) in [5.41, 5.74) is 3.74. The number of hydrogen-bond donors (Lipinski definition) is 1. The Kier molecular flexibility index (Phi) is 4.20. The topological polar surface area (TPSA) is 53.9 Å². The van der Waals surface area contributed by atoms with Crippen molar-refractivity contribution in [2.24, 2.45) is 5.92 Å². The molecule has 0 aromatic rings. The number of rotatable bonds is 2. The lowest BCUT2D eigenvalue weighted by Gasteiger charge is -2.24. The molecular formula is C10H16F2NO2+. The highest BCUT2D eigenvalue weighted by molar-refractivity contribution is 5.72. The number of carbonyl (C=O) groups excluding carboxylic acids is 1. The van der Waals surface area contributed by atoms with Gasteiger partial charge in [-0.15, -0.1) is 0 Å². The Morgan fingerprint density at radius 2 is 2.27 bits per heavy atom. The highest BCUT2D eigenvalue weighted by atomic mass is 19.3. The van der Waals surface area contributed by atoms with Gasteiger partial charge >= 0.3 is 5.97 Å². The van der Waals surface area contributed by atoms with E-state index in [4.69, 9.17) is 4.74 Å². The summed E-state index contributed by atoms with van der Waals surface area (Å²) in [5.74, 6) is -0.556. The molecule has 0 unspecified atom stereocenters. The van der Waals surface area contributed by atoms with E-state index in [0.29, 0.717) is 19.4 Å². The standard InChI is InChI=1S/C10H15F2NO2/c1-2-15-10(14)6-3-4-7(9(11)12)8(13)5-6/h6,8H,2-5,13H2,1H3/p+1/t6-,8+/m1/s1. The second kappa shape index (κ2) is 5.21. The van der Waals surface area contributed by atoms with Gasteiger partial charge in [-0.05, 0) is 19.8 Å². The van der Waals surface area contributed by atoms with E-state index in [0.717, 1.165) is 0 Å². The van der Waals surface area contributed by atoms with E-state index in [9.17, 15) is 13.6 Å². The average molecular weight is 220 g/mol. The minimum absolute atomic E-state index is 0.0931. The van der Waals surface area contributed by atoms with Gasteiger partial charge in [0.15, 0.2) is 0 Å². The van der Waals surface area contributed by atoms with Gasteiger partial charge in [0, 0.05) is 6.42 Å². The van der Waals surface area contributed by atoms with Crippen LogP contribution in [0.15, 0.2) is 11.7 Å². The third-order valence-electron chi connectivity index (χ3n) is 2.69. The molecule has 0 saturated heterocycles. The molecule has 1 fully saturated rings. The molecule has 5 heteroatoms. The molecule has 3 N–H and O–H groups in total. The number of ether oxygens (including phenoxy) is 1. The van der Waals surface area contributed by atoms with E-state index in [1.807, 2.05) is 0 Å². The van der Waals surface area contributed by atoms with E-state index in [1.54, 1.807) is 6.92 Å². The number of quaternary nitrogens is 1. The number of esters is 1. The van der Waals surface area contributed by atoms with Crippen LogP contribution >= 0.6 is 0 Å². The minimum atomic E-state index is -1.64. The molecule has 0 spiro atoms. The summed E-state index contributed by atoms with van der Waals surface area (Å²) in [6.45, 7) is 2.06. The fourth-order valence-electron chi connectivity index (χ4n) is 1.86. The van der Waals surface area contributed by atoms with E-state index in [2.05, 4.69) is 5.73 Å². The molecule has 3 nitrogen and oxygen atoms in total. The van der Waals surface area contributed by atoms with Crippen LogP contribution in [0, 0.1) is 5.92 Å². The molecule has 0 aromatic carbocycles. The van der Waals surface area contributed by atoms with Crippen molar-refractivity contribution < 1.29 is 24.0 Å². The van der Waals surface area contributed by atoms with Gasteiger partial charge in [0.05, 0.1) is 18.1 Å². The van der Waals surface area contributed by atoms with Gasteiger partial charge in [-0.3, -0.25) is 4.79 Å². The van der Waals surface area contributed by atoms with Crippen LogP contribution < -0.4 is 5.73 Å². The third kappa shape index (κ3) is 2.99. The van der Waals surface area contributed by atoms with Crippen LogP contribution in [0.3, 0.4) is 0 Å². The van der Waals surface area contributed by atoms with Crippen LogP contribution in [0.4, 0.5) is 8.78 Å². The van der Waals surface area contributed by atoms with Crippen LogP contribution in [0.2, 0.25) is 0 Å². The van der Waals surface area contributed by atoms with Crippen molar-refractivity contribution >= 4 is 5.97 Å². The predicted octanol–water partition coefficient (Wildman–Crippen LogP) is 1.11. The minimum Gasteiger partial charge on any atom is -0.466 e. The maximum atomic E-state index is 12.4. The monoisotopic (exact) mass is 220 g/mol. The van der Waals surface area contributed by atoms with Gasteiger partial charge in [-0.1, -0.05) is 0 Å². The van der Waals surface area contributed by atoms with Gasteiger partial charge in [0.1, 0.15) is 6.04 Å². The van der Waals surface area contributed by atoms with Crippen LogP contribution in [0.5, 0.6) is 0 Å². The first-order chi connectivity index (χ1) is 7.06. The average Bonchev–Trinajstić information content (AvgIpc) is 2.17. The van der Waals surface area contributed by atoms with Crippen LogP contribution in [0.1, 0.15) is 26.2 Å². The van der Waals surface area contributed by atoms with Crippen LogP contribution in [0.25, 0.3) is 0 Å². The van der Waals surface area contributed by atoms with E-state index in [-0.39, 0.29) is 23.9 Å². The highest BCUT2D eigenvalue weighted by Crippen LogP contribution is 2.30. The zero-order valence-corrected chi connectivity index (χ0v) is 8.76. The molecule has 2 atom stereocenters. The molecule has 1 rings (SSSR count). The lowest BCUT2D eigenvalue weighted by atomic mass is 9.83. The SMILES string of the molecule is CCOC(=O)[C@@H]1CCC(=C(F)F)[C@@H]([NH3+])C1. The predicted molar refractivity (Wildman–Crippen MR) is 49.9 cm³/mol. The fraction of sp³-hybridized carbons (Fsp3) is 0.700. The Bertz CT molecular complexity index is 275.